The second-order valence-corrected chi connectivity index (χ2v) is 8.50. The average Bonchev–Trinajstić information content (AvgIpc) is 3.47. The van der Waals surface area contributed by atoms with E-state index in [-0.39, 0.29) is 12.8 Å². The number of fused-ring (bicyclic) bond motifs is 1. The first-order valence-electron chi connectivity index (χ1n) is 10.7. The lowest BCUT2D eigenvalue weighted by atomic mass is 9.92. The molecule has 2 aliphatic heterocycles. The normalized spacial score (nSPS) is 17.4. The van der Waals surface area contributed by atoms with Crippen molar-refractivity contribution in [3.05, 3.63) is 77.3 Å². The Hall–Kier alpha value is -3.65. The Morgan fingerprint density at radius 2 is 1.94 bits per heavy atom. The van der Waals surface area contributed by atoms with Gasteiger partial charge in [0.25, 0.3) is 5.89 Å². The molecule has 0 saturated carbocycles. The summed E-state index contributed by atoms with van der Waals surface area (Å²) in [6.45, 7) is 10.9. The van der Waals surface area contributed by atoms with Crippen molar-refractivity contribution in [3.63, 3.8) is 0 Å². The number of ether oxygens (including phenoxy) is 2. The van der Waals surface area contributed by atoms with E-state index in [0.29, 0.717) is 34.9 Å². The highest BCUT2D eigenvalue weighted by molar-refractivity contribution is 7.80. The van der Waals surface area contributed by atoms with Crippen molar-refractivity contribution in [2.45, 2.75) is 26.8 Å². The van der Waals surface area contributed by atoms with Gasteiger partial charge in [0, 0.05) is 17.8 Å². The molecule has 0 bridgehead atoms. The van der Waals surface area contributed by atoms with Gasteiger partial charge in [-0.1, -0.05) is 29.4 Å². The number of thiocarbonyl (C=S) groups is 1. The second-order valence-electron chi connectivity index (χ2n) is 8.12. The maximum atomic E-state index is 5.79. The lowest BCUT2D eigenvalue weighted by Gasteiger charge is -2.37. The zero-order valence-corrected chi connectivity index (χ0v) is 19.5. The molecule has 0 amide bonds. The number of nitrogens with one attached hydrogen (secondary N) is 1. The van der Waals surface area contributed by atoms with E-state index >= 15 is 0 Å². The van der Waals surface area contributed by atoms with Crippen LogP contribution in [-0.4, -0.2) is 33.5 Å². The third-order valence-electron chi connectivity index (χ3n) is 6.06. The maximum absolute atomic E-state index is 5.79. The minimum absolute atomic E-state index is 0.213. The molecule has 8 heteroatoms. The molecule has 5 rings (SSSR count). The summed E-state index contributed by atoms with van der Waals surface area (Å²) in [6.07, 6.45) is 1.82. The van der Waals surface area contributed by atoms with Crippen LogP contribution in [0.1, 0.15) is 35.5 Å². The molecule has 0 radical (unpaired) electrons. The van der Waals surface area contributed by atoms with Crippen LogP contribution in [0.5, 0.6) is 11.5 Å². The molecular weight excluding hydrogens is 436 g/mol. The molecule has 3 heterocycles. The summed E-state index contributed by atoms with van der Waals surface area (Å²) in [7, 11) is 0. The Morgan fingerprint density at radius 1 is 1.12 bits per heavy atom. The second kappa shape index (κ2) is 8.37. The lowest BCUT2D eigenvalue weighted by Crippen LogP contribution is -2.45. The van der Waals surface area contributed by atoms with Crippen molar-refractivity contribution in [3.8, 4) is 22.9 Å². The first-order valence-corrected chi connectivity index (χ1v) is 11.1. The summed E-state index contributed by atoms with van der Waals surface area (Å²) in [6, 6.07) is 11.8. The largest absolute Gasteiger partial charge is 0.454 e. The Morgan fingerprint density at radius 3 is 2.73 bits per heavy atom. The Labute approximate surface area is 197 Å². The number of allylic oxidation sites excluding steroid dienone is 1. The van der Waals surface area contributed by atoms with Gasteiger partial charge < -0.3 is 24.2 Å². The van der Waals surface area contributed by atoms with E-state index in [1.165, 1.54) is 11.1 Å². The van der Waals surface area contributed by atoms with Crippen LogP contribution in [0.4, 0.5) is 0 Å². The van der Waals surface area contributed by atoms with Crippen LogP contribution in [0.2, 0.25) is 0 Å². The molecule has 2 aromatic carbocycles. The van der Waals surface area contributed by atoms with Gasteiger partial charge >= 0.3 is 0 Å². The van der Waals surface area contributed by atoms with Gasteiger partial charge in [-0.25, -0.2) is 0 Å². The van der Waals surface area contributed by atoms with Crippen molar-refractivity contribution >= 4 is 22.9 Å². The van der Waals surface area contributed by atoms with Gasteiger partial charge in [0.05, 0.1) is 11.6 Å². The van der Waals surface area contributed by atoms with Crippen molar-refractivity contribution in [2.24, 2.45) is 0 Å². The predicted molar refractivity (Wildman–Crippen MR) is 130 cm³/mol. The van der Waals surface area contributed by atoms with Gasteiger partial charge in [-0.2, -0.15) is 4.98 Å². The molecule has 1 atom stereocenters. The van der Waals surface area contributed by atoms with Gasteiger partial charge in [-0.15, -0.1) is 6.58 Å². The smallest absolute Gasteiger partial charge is 0.258 e. The Kier molecular flexibility index (Phi) is 5.38. The minimum atomic E-state index is -0.220. The number of nitrogens with zero attached hydrogens (tertiary/aromatic N) is 3. The highest BCUT2D eigenvalue weighted by atomic mass is 32.1. The SMILES string of the molecule is C=CCN1C(=S)NC(c2ccc(C)c(C)c2)C(c2nc(-c3ccc4c(c3)OCO4)no2)=C1C. The van der Waals surface area contributed by atoms with E-state index in [4.69, 9.17) is 31.2 Å². The molecule has 1 unspecified atom stereocenters. The zero-order chi connectivity index (χ0) is 23.1. The summed E-state index contributed by atoms with van der Waals surface area (Å²) < 4.78 is 16.7. The molecule has 1 N–H and O–H groups in total. The highest BCUT2D eigenvalue weighted by Gasteiger charge is 2.34. The van der Waals surface area contributed by atoms with Crippen LogP contribution in [0.25, 0.3) is 17.0 Å². The van der Waals surface area contributed by atoms with Crippen LogP contribution >= 0.6 is 12.2 Å². The third kappa shape index (κ3) is 3.76. The van der Waals surface area contributed by atoms with Gasteiger partial charge in [-0.3, -0.25) is 0 Å². The van der Waals surface area contributed by atoms with E-state index in [2.05, 4.69) is 49.1 Å². The number of aryl methyl sites for hydroxylation is 2. The fourth-order valence-corrected chi connectivity index (χ4v) is 4.42. The number of benzene rings is 2. The van der Waals surface area contributed by atoms with E-state index < -0.39 is 0 Å². The maximum Gasteiger partial charge on any atom is 0.258 e. The van der Waals surface area contributed by atoms with E-state index in [1.807, 2.05) is 36.1 Å². The molecule has 7 nitrogen and oxygen atoms in total. The summed E-state index contributed by atoms with van der Waals surface area (Å²) in [5.74, 6) is 2.29. The molecule has 0 spiro atoms. The monoisotopic (exact) mass is 460 g/mol. The number of hydrogen-bond acceptors (Lipinski definition) is 6. The standard InChI is InChI=1S/C25H24N4O3S/c1-5-10-29-16(4)21(22(26-25(29)33)17-7-6-14(2)15(3)11-17)24-27-23(28-32-24)18-8-9-19-20(12-18)31-13-30-19/h5-9,11-12,22H,1,10,13H2,2-4H3,(H,26,33). The van der Waals surface area contributed by atoms with Gasteiger partial charge in [-0.05, 0) is 67.9 Å². The van der Waals surface area contributed by atoms with Crippen molar-refractivity contribution in [1.29, 1.82) is 0 Å². The fraction of sp³-hybridized carbons (Fsp3) is 0.240. The molecule has 33 heavy (non-hydrogen) atoms. The van der Waals surface area contributed by atoms with Crippen LogP contribution in [0.3, 0.4) is 0 Å². The van der Waals surface area contributed by atoms with Crippen molar-refractivity contribution in [2.75, 3.05) is 13.3 Å². The van der Waals surface area contributed by atoms with Gasteiger partial charge in [0.1, 0.15) is 0 Å². The first-order chi connectivity index (χ1) is 16.0. The Balaban J connectivity index is 1.59. The highest BCUT2D eigenvalue weighted by Crippen LogP contribution is 2.39. The summed E-state index contributed by atoms with van der Waals surface area (Å²) in [4.78, 5) is 6.73. The third-order valence-corrected chi connectivity index (χ3v) is 6.40. The first kappa shape index (κ1) is 21.2. The number of hydrogen-bond donors (Lipinski definition) is 1. The zero-order valence-electron chi connectivity index (χ0n) is 18.7. The molecule has 0 saturated heterocycles. The van der Waals surface area contributed by atoms with Crippen LogP contribution in [0, 0.1) is 13.8 Å². The topological polar surface area (TPSA) is 72.7 Å². The molecule has 1 aromatic heterocycles. The quantitative estimate of drug-likeness (QED) is 0.424. The van der Waals surface area contributed by atoms with E-state index in [9.17, 15) is 0 Å². The molecule has 2 aliphatic rings. The van der Waals surface area contributed by atoms with E-state index in [1.54, 1.807) is 0 Å². The van der Waals surface area contributed by atoms with Crippen LogP contribution in [0.15, 0.2) is 59.3 Å². The minimum Gasteiger partial charge on any atom is -0.454 e. The number of rotatable bonds is 5. The molecular formula is C25H24N4O3S. The fourth-order valence-electron chi connectivity index (χ4n) is 4.09. The van der Waals surface area contributed by atoms with Crippen molar-refractivity contribution in [1.82, 2.24) is 20.4 Å². The number of aromatic nitrogens is 2. The van der Waals surface area contributed by atoms with E-state index in [0.717, 1.165) is 22.4 Å². The molecule has 168 valence electrons. The summed E-state index contributed by atoms with van der Waals surface area (Å²) in [5.41, 5.74) is 6.14. The summed E-state index contributed by atoms with van der Waals surface area (Å²) in [5, 5.41) is 8.35. The predicted octanol–water partition coefficient (Wildman–Crippen LogP) is 4.93. The molecule has 0 aliphatic carbocycles. The average molecular weight is 461 g/mol. The van der Waals surface area contributed by atoms with Crippen LogP contribution < -0.4 is 14.8 Å². The Bertz CT molecular complexity index is 1300. The summed E-state index contributed by atoms with van der Waals surface area (Å²) >= 11 is 5.68. The van der Waals surface area contributed by atoms with Gasteiger partial charge in [0.2, 0.25) is 12.6 Å². The lowest BCUT2D eigenvalue weighted by molar-refractivity contribution is 0.174. The van der Waals surface area contributed by atoms with Crippen LogP contribution in [-0.2, 0) is 0 Å². The van der Waals surface area contributed by atoms with Crippen molar-refractivity contribution < 1.29 is 14.0 Å². The molecule has 0 fully saturated rings. The molecule has 3 aromatic rings. The van der Waals surface area contributed by atoms with Gasteiger partial charge in [0.15, 0.2) is 16.6 Å².